The second kappa shape index (κ2) is 6.92. The summed E-state index contributed by atoms with van der Waals surface area (Å²) in [5.74, 6) is 0. The van der Waals surface area contributed by atoms with Gasteiger partial charge in [0, 0.05) is 6.61 Å². The molecule has 0 saturated heterocycles. The molecule has 60 valence electrons. The van der Waals surface area contributed by atoms with Gasteiger partial charge in [-0.1, -0.05) is 12.2 Å². The largest absolute Gasteiger partial charge is 0.394 e. The van der Waals surface area contributed by atoms with Crippen LogP contribution in [0.3, 0.4) is 0 Å². The van der Waals surface area contributed by atoms with Crippen molar-refractivity contribution in [3.63, 3.8) is 0 Å². The summed E-state index contributed by atoms with van der Waals surface area (Å²) >= 11 is 4.65. The molecule has 10 heavy (non-hydrogen) atoms. The van der Waals surface area contributed by atoms with Crippen LogP contribution in [0.5, 0.6) is 0 Å². The molecule has 0 bridgehead atoms. The first kappa shape index (κ1) is 9.81. The average Bonchev–Trinajstić information content (AvgIpc) is 1.87. The van der Waals surface area contributed by atoms with E-state index in [1.807, 2.05) is 0 Å². The van der Waals surface area contributed by atoms with Crippen molar-refractivity contribution in [2.45, 2.75) is 12.8 Å². The summed E-state index contributed by atoms with van der Waals surface area (Å²) in [5, 5.41) is 8.30. The Balaban J connectivity index is 2.84. The lowest BCUT2D eigenvalue weighted by atomic mass is 10.3. The van der Waals surface area contributed by atoms with Crippen LogP contribution >= 0.6 is 12.2 Å². The van der Waals surface area contributed by atoms with Gasteiger partial charge in [-0.05, 0) is 12.8 Å². The highest BCUT2D eigenvalue weighted by molar-refractivity contribution is 7.80. The van der Waals surface area contributed by atoms with E-state index in [9.17, 15) is 0 Å². The normalized spacial score (nSPS) is 9.70. The zero-order chi connectivity index (χ0) is 7.82. The van der Waals surface area contributed by atoms with Crippen LogP contribution in [0.2, 0.25) is 0 Å². The second-order valence-electron chi connectivity index (χ2n) is 1.91. The molecule has 0 aromatic rings. The van der Waals surface area contributed by atoms with Crippen LogP contribution in [-0.4, -0.2) is 29.9 Å². The monoisotopic (exact) mass is 163 g/mol. The lowest BCUT2D eigenvalue weighted by Crippen LogP contribution is -2.09. The Bertz CT molecular complexity index is 97.7. The van der Waals surface area contributed by atoms with Gasteiger partial charge in [0.15, 0.2) is 0 Å². The van der Waals surface area contributed by atoms with Crippen molar-refractivity contribution in [3.8, 4) is 0 Å². The molecule has 0 amide bonds. The molecule has 3 N–H and O–H groups in total. The molecule has 0 aromatic heterocycles. The predicted molar refractivity (Wildman–Crippen MR) is 43.9 cm³/mol. The lowest BCUT2D eigenvalue weighted by Gasteiger charge is -1.99. The first-order valence-electron chi connectivity index (χ1n) is 3.24. The van der Waals surface area contributed by atoms with Crippen LogP contribution in [0, 0.1) is 0 Å². The minimum atomic E-state index is 0.0765. The molecular formula is C6H13NO2S. The van der Waals surface area contributed by atoms with Crippen molar-refractivity contribution in [2.24, 2.45) is 5.73 Å². The van der Waals surface area contributed by atoms with E-state index < -0.39 is 0 Å². The van der Waals surface area contributed by atoms with Crippen LogP contribution in [-0.2, 0) is 4.74 Å². The Morgan fingerprint density at radius 1 is 1.50 bits per heavy atom. The molecule has 3 nitrogen and oxygen atoms in total. The van der Waals surface area contributed by atoms with Crippen molar-refractivity contribution >= 4 is 17.2 Å². The molecule has 0 unspecified atom stereocenters. The van der Waals surface area contributed by atoms with Crippen LogP contribution in [0.15, 0.2) is 0 Å². The van der Waals surface area contributed by atoms with Crippen LogP contribution in [0.25, 0.3) is 0 Å². The molecule has 0 atom stereocenters. The fourth-order valence-corrected chi connectivity index (χ4v) is 0.659. The molecule has 4 heteroatoms. The SMILES string of the molecule is NC(=S)CCCOCCO. The van der Waals surface area contributed by atoms with Gasteiger partial charge in [-0.25, -0.2) is 0 Å². The molecule has 0 aliphatic heterocycles. The van der Waals surface area contributed by atoms with E-state index in [1.54, 1.807) is 0 Å². The Labute approximate surface area is 66.2 Å². The Morgan fingerprint density at radius 2 is 2.20 bits per heavy atom. The van der Waals surface area contributed by atoms with Crippen LogP contribution in [0.4, 0.5) is 0 Å². The third-order valence-electron chi connectivity index (χ3n) is 0.947. The molecule has 0 aliphatic rings. The third-order valence-corrected chi connectivity index (χ3v) is 1.15. The number of hydrogen-bond donors (Lipinski definition) is 2. The van der Waals surface area contributed by atoms with E-state index in [1.165, 1.54) is 0 Å². The van der Waals surface area contributed by atoms with Gasteiger partial charge >= 0.3 is 0 Å². The first-order chi connectivity index (χ1) is 4.77. The van der Waals surface area contributed by atoms with Gasteiger partial charge in [0.1, 0.15) is 0 Å². The van der Waals surface area contributed by atoms with Crippen molar-refractivity contribution < 1.29 is 9.84 Å². The van der Waals surface area contributed by atoms with Gasteiger partial charge in [-0.3, -0.25) is 0 Å². The highest BCUT2D eigenvalue weighted by Gasteiger charge is 1.89. The topological polar surface area (TPSA) is 55.5 Å². The zero-order valence-electron chi connectivity index (χ0n) is 5.88. The lowest BCUT2D eigenvalue weighted by molar-refractivity contribution is 0.0916. The Kier molecular flexibility index (Phi) is 6.79. The van der Waals surface area contributed by atoms with Gasteiger partial charge in [0.2, 0.25) is 0 Å². The molecule has 0 spiro atoms. The van der Waals surface area contributed by atoms with Gasteiger partial charge < -0.3 is 15.6 Å². The summed E-state index contributed by atoms with van der Waals surface area (Å²) in [6.45, 7) is 1.10. The summed E-state index contributed by atoms with van der Waals surface area (Å²) in [7, 11) is 0. The van der Waals surface area contributed by atoms with Crippen LogP contribution < -0.4 is 5.73 Å². The average molecular weight is 163 g/mol. The second-order valence-corrected chi connectivity index (χ2v) is 2.43. The number of thiocarbonyl (C=S) groups is 1. The minimum absolute atomic E-state index is 0.0765. The van der Waals surface area contributed by atoms with Gasteiger partial charge in [0.25, 0.3) is 0 Å². The van der Waals surface area contributed by atoms with Crippen LogP contribution in [0.1, 0.15) is 12.8 Å². The predicted octanol–water partition coefficient (Wildman–Crippen LogP) is 0.0616. The quantitative estimate of drug-likeness (QED) is 0.429. The molecule has 0 aliphatic carbocycles. The van der Waals surface area contributed by atoms with Gasteiger partial charge in [-0.15, -0.1) is 0 Å². The van der Waals surface area contributed by atoms with Gasteiger partial charge in [-0.2, -0.15) is 0 Å². The molecular weight excluding hydrogens is 150 g/mol. The number of hydrogen-bond acceptors (Lipinski definition) is 3. The number of aliphatic hydroxyl groups excluding tert-OH is 1. The van der Waals surface area contributed by atoms with Crippen molar-refractivity contribution in [3.05, 3.63) is 0 Å². The van der Waals surface area contributed by atoms with E-state index in [-0.39, 0.29) is 6.61 Å². The molecule has 0 rings (SSSR count). The number of aliphatic hydroxyl groups is 1. The number of nitrogens with two attached hydrogens (primary N) is 1. The van der Waals surface area contributed by atoms with E-state index in [0.717, 1.165) is 12.8 Å². The Morgan fingerprint density at radius 3 is 2.70 bits per heavy atom. The first-order valence-corrected chi connectivity index (χ1v) is 3.65. The highest BCUT2D eigenvalue weighted by Crippen LogP contribution is 1.89. The highest BCUT2D eigenvalue weighted by atomic mass is 32.1. The molecule has 0 heterocycles. The molecule has 0 radical (unpaired) electrons. The number of ether oxygens (including phenoxy) is 1. The summed E-state index contributed by atoms with van der Waals surface area (Å²) in [6, 6.07) is 0. The molecule has 0 fully saturated rings. The van der Waals surface area contributed by atoms with Crippen molar-refractivity contribution in [1.82, 2.24) is 0 Å². The summed E-state index contributed by atoms with van der Waals surface area (Å²) in [5.41, 5.74) is 5.23. The zero-order valence-corrected chi connectivity index (χ0v) is 6.69. The summed E-state index contributed by atoms with van der Waals surface area (Å²) < 4.78 is 4.97. The smallest absolute Gasteiger partial charge is 0.0728 e. The maximum absolute atomic E-state index is 8.30. The summed E-state index contributed by atoms with van der Waals surface area (Å²) in [4.78, 5) is 0.521. The number of rotatable bonds is 6. The maximum atomic E-state index is 8.30. The minimum Gasteiger partial charge on any atom is -0.394 e. The fourth-order valence-electron chi connectivity index (χ4n) is 0.515. The maximum Gasteiger partial charge on any atom is 0.0728 e. The van der Waals surface area contributed by atoms with E-state index in [4.69, 9.17) is 15.6 Å². The third kappa shape index (κ3) is 7.81. The molecule has 0 aromatic carbocycles. The summed E-state index contributed by atoms with van der Waals surface area (Å²) in [6.07, 6.45) is 1.57. The van der Waals surface area contributed by atoms with Gasteiger partial charge in [0.05, 0.1) is 18.2 Å². The Hall–Kier alpha value is -0.190. The standard InChI is InChI=1S/C6H13NO2S/c7-6(10)2-1-4-9-5-3-8/h8H,1-5H2,(H2,7,10). The fraction of sp³-hybridized carbons (Fsp3) is 0.833. The molecule has 0 saturated carbocycles. The van der Waals surface area contributed by atoms with E-state index in [0.29, 0.717) is 18.2 Å². The van der Waals surface area contributed by atoms with E-state index >= 15 is 0 Å². The van der Waals surface area contributed by atoms with E-state index in [2.05, 4.69) is 12.2 Å². The van der Waals surface area contributed by atoms with Crippen molar-refractivity contribution in [1.29, 1.82) is 0 Å². The van der Waals surface area contributed by atoms with Crippen molar-refractivity contribution in [2.75, 3.05) is 19.8 Å².